The maximum absolute atomic E-state index is 15.5. The van der Waals surface area contributed by atoms with Gasteiger partial charge in [-0.15, -0.1) is 10.2 Å². The molecule has 0 radical (unpaired) electrons. The Hall–Kier alpha value is -3.22. The smallest absolute Gasteiger partial charge is 0.162 e. The van der Waals surface area contributed by atoms with Crippen molar-refractivity contribution in [2.45, 2.75) is 52.9 Å². The van der Waals surface area contributed by atoms with Crippen molar-refractivity contribution in [3.05, 3.63) is 59.6 Å². The van der Waals surface area contributed by atoms with Crippen LogP contribution in [0.1, 0.15) is 38.0 Å². The van der Waals surface area contributed by atoms with E-state index in [0.717, 1.165) is 39.1 Å². The zero-order valence-corrected chi connectivity index (χ0v) is 18.3. The van der Waals surface area contributed by atoms with Crippen molar-refractivity contribution >= 4 is 16.6 Å². The van der Waals surface area contributed by atoms with Gasteiger partial charge < -0.3 is 9.88 Å². The van der Waals surface area contributed by atoms with E-state index >= 15 is 4.39 Å². The molecule has 7 heteroatoms. The fourth-order valence-electron chi connectivity index (χ4n) is 4.71. The van der Waals surface area contributed by atoms with E-state index in [-0.39, 0.29) is 12.4 Å². The molecule has 0 amide bonds. The van der Waals surface area contributed by atoms with Gasteiger partial charge in [0.05, 0.1) is 23.5 Å². The third-order valence-electron chi connectivity index (χ3n) is 6.10. The van der Waals surface area contributed by atoms with Gasteiger partial charge in [-0.25, -0.2) is 8.78 Å². The van der Waals surface area contributed by atoms with Gasteiger partial charge in [0.25, 0.3) is 0 Å². The Balaban J connectivity index is 1.77. The van der Waals surface area contributed by atoms with Crippen LogP contribution in [0.4, 0.5) is 14.5 Å². The quantitative estimate of drug-likeness (QED) is 0.464. The number of nitrogens with one attached hydrogen (secondary N) is 1. The first-order valence-corrected chi connectivity index (χ1v) is 10.5. The normalized spacial score (nSPS) is 15.5. The molecule has 0 saturated carbocycles. The highest BCUT2D eigenvalue weighted by Crippen LogP contribution is 2.44. The average Bonchev–Trinajstić information content (AvgIpc) is 3.29. The van der Waals surface area contributed by atoms with Crippen molar-refractivity contribution < 1.29 is 8.78 Å². The van der Waals surface area contributed by atoms with Gasteiger partial charge in [-0.2, -0.15) is 0 Å². The second kappa shape index (κ2) is 6.64. The Kier molecular flexibility index (Phi) is 4.22. The fourth-order valence-corrected chi connectivity index (χ4v) is 4.71. The molecule has 2 aromatic heterocycles. The first-order chi connectivity index (χ1) is 14.7. The van der Waals surface area contributed by atoms with E-state index in [2.05, 4.69) is 15.5 Å². The minimum atomic E-state index is -0.952. The molecular weight excluding hydrogens is 396 g/mol. The molecule has 0 bridgehead atoms. The minimum Gasteiger partial charge on any atom is -0.369 e. The van der Waals surface area contributed by atoms with Gasteiger partial charge >= 0.3 is 0 Å². The molecule has 1 aliphatic rings. The van der Waals surface area contributed by atoms with Crippen LogP contribution in [0.25, 0.3) is 27.7 Å². The highest BCUT2D eigenvalue weighted by atomic mass is 19.1. The summed E-state index contributed by atoms with van der Waals surface area (Å²) < 4.78 is 33.0. The van der Waals surface area contributed by atoms with E-state index in [0.29, 0.717) is 11.5 Å². The number of hydrogen-bond acceptors (Lipinski definition) is 3. The molecule has 1 aliphatic heterocycles. The molecule has 0 saturated heterocycles. The number of alkyl halides is 1. The third-order valence-corrected chi connectivity index (χ3v) is 6.10. The van der Waals surface area contributed by atoms with Crippen LogP contribution in [0.5, 0.6) is 0 Å². The van der Waals surface area contributed by atoms with Crippen LogP contribution >= 0.6 is 0 Å². The number of hydrogen-bond donors (Lipinski definition) is 1. The van der Waals surface area contributed by atoms with Gasteiger partial charge in [-0.3, -0.25) is 4.57 Å². The molecule has 160 valence electrons. The van der Waals surface area contributed by atoms with Crippen LogP contribution in [0.15, 0.2) is 36.5 Å². The topological polar surface area (TPSA) is 47.7 Å². The first kappa shape index (κ1) is 19.7. The zero-order chi connectivity index (χ0) is 22.1. The molecule has 4 aromatic rings. The van der Waals surface area contributed by atoms with Gasteiger partial charge in [0, 0.05) is 17.1 Å². The number of aryl methyl sites for hydroxylation is 1. The van der Waals surface area contributed by atoms with E-state index < -0.39 is 11.7 Å². The summed E-state index contributed by atoms with van der Waals surface area (Å²) >= 11 is 0. The lowest BCUT2D eigenvalue weighted by Crippen LogP contribution is -2.37. The summed E-state index contributed by atoms with van der Waals surface area (Å²) in [6.07, 6.45) is 0.937. The molecule has 3 heterocycles. The molecule has 1 N–H and O–H groups in total. The van der Waals surface area contributed by atoms with Gasteiger partial charge in [-0.1, -0.05) is 12.1 Å². The van der Waals surface area contributed by atoms with Crippen molar-refractivity contribution in [1.82, 2.24) is 19.3 Å². The summed E-state index contributed by atoms with van der Waals surface area (Å²) in [5, 5.41) is 12.9. The van der Waals surface area contributed by atoms with Crippen LogP contribution in [-0.4, -0.2) is 25.5 Å². The maximum atomic E-state index is 15.5. The Morgan fingerprint density at radius 2 is 1.90 bits per heavy atom. The van der Waals surface area contributed by atoms with Crippen LogP contribution in [0.2, 0.25) is 0 Å². The summed E-state index contributed by atoms with van der Waals surface area (Å²) in [5.74, 6) is 1.14. The predicted octanol–water partition coefficient (Wildman–Crippen LogP) is 5.66. The lowest BCUT2D eigenvalue weighted by molar-refractivity contribution is 0.324. The number of nitrogens with zero attached hydrogens (tertiary/aromatic N) is 4. The Morgan fingerprint density at radius 1 is 1.13 bits per heavy atom. The Labute approximate surface area is 179 Å². The monoisotopic (exact) mass is 421 g/mol. The standard InChI is InChI=1S/C24H25F2N5/c1-13(25)12-30-10-9-17-16(7-6-8-20(17)30)18-11-19(26)21-22(14(18)2)31-15(3)28-29-23(31)24(4,5)27-21/h6-11,13,27H,12H2,1-5H3. The molecule has 0 fully saturated rings. The van der Waals surface area contributed by atoms with E-state index in [1.165, 1.54) is 0 Å². The van der Waals surface area contributed by atoms with E-state index in [4.69, 9.17) is 0 Å². The lowest BCUT2D eigenvalue weighted by atomic mass is 9.92. The number of halogens is 2. The van der Waals surface area contributed by atoms with E-state index in [9.17, 15) is 4.39 Å². The van der Waals surface area contributed by atoms with Crippen molar-refractivity contribution in [3.8, 4) is 16.8 Å². The predicted molar refractivity (Wildman–Crippen MR) is 119 cm³/mol. The zero-order valence-electron chi connectivity index (χ0n) is 18.3. The molecule has 5 rings (SSSR count). The Bertz CT molecular complexity index is 1330. The highest BCUT2D eigenvalue weighted by molar-refractivity contribution is 5.97. The van der Waals surface area contributed by atoms with Crippen molar-refractivity contribution in [3.63, 3.8) is 0 Å². The fraction of sp³-hybridized carbons (Fsp3) is 0.333. The van der Waals surface area contributed by atoms with Crippen molar-refractivity contribution in [2.75, 3.05) is 5.32 Å². The Morgan fingerprint density at radius 3 is 2.65 bits per heavy atom. The molecule has 0 aliphatic carbocycles. The van der Waals surface area contributed by atoms with Gasteiger partial charge in [0.2, 0.25) is 0 Å². The number of fused-ring (bicyclic) bond motifs is 4. The van der Waals surface area contributed by atoms with Gasteiger partial charge in [0.1, 0.15) is 17.8 Å². The minimum absolute atomic E-state index is 0.284. The first-order valence-electron chi connectivity index (χ1n) is 10.5. The van der Waals surface area contributed by atoms with Crippen LogP contribution < -0.4 is 5.32 Å². The number of benzene rings is 2. The van der Waals surface area contributed by atoms with E-state index in [1.54, 1.807) is 13.0 Å². The molecule has 1 atom stereocenters. The largest absolute Gasteiger partial charge is 0.369 e. The molecule has 31 heavy (non-hydrogen) atoms. The summed E-state index contributed by atoms with van der Waals surface area (Å²) in [7, 11) is 0. The summed E-state index contributed by atoms with van der Waals surface area (Å²) in [5.41, 5.74) is 4.22. The summed E-state index contributed by atoms with van der Waals surface area (Å²) in [6, 6.07) is 9.45. The summed E-state index contributed by atoms with van der Waals surface area (Å²) in [6.45, 7) is 9.64. The van der Waals surface area contributed by atoms with Gasteiger partial charge in [0.15, 0.2) is 5.82 Å². The third kappa shape index (κ3) is 2.86. The maximum Gasteiger partial charge on any atom is 0.162 e. The summed E-state index contributed by atoms with van der Waals surface area (Å²) in [4.78, 5) is 0. The SMILES string of the molecule is Cc1c(-c2cccc3c2ccn3CC(C)F)cc(F)c2c1-n1c(C)nnc1C(C)(C)N2. The second-order valence-electron chi connectivity index (χ2n) is 8.90. The molecule has 0 spiro atoms. The molecular formula is C24H25F2N5. The molecule has 1 unspecified atom stereocenters. The molecule has 5 nitrogen and oxygen atoms in total. The van der Waals surface area contributed by atoms with Crippen molar-refractivity contribution in [1.29, 1.82) is 0 Å². The van der Waals surface area contributed by atoms with Crippen molar-refractivity contribution in [2.24, 2.45) is 0 Å². The highest BCUT2D eigenvalue weighted by Gasteiger charge is 2.37. The number of anilines is 1. The number of rotatable bonds is 3. The van der Waals surface area contributed by atoms with Crippen LogP contribution in [-0.2, 0) is 12.1 Å². The van der Waals surface area contributed by atoms with Gasteiger partial charge in [-0.05, 0) is 69.5 Å². The van der Waals surface area contributed by atoms with Crippen LogP contribution in [0, 0.1) is 19.7 Å². The lowest BCUT2D eigenvalue weighted by Gasteiger charge is -2.35. The molecule has 2 aromatic carbocycles. The number of aromatic nitrogens is 4. The average molecular weight is 421 g/mol. The van der Waals surface area contributed by atoms with E-state index in [1.807, 2.05) is 67.3 Å². The second-order valence-corrected chi connectivity index (χ2v) is 8.90. The van der Waals surface area contributed by atoms with Crippen LogP contribution in [0.3, 0.4) is 0 Å².